The molecule has 4 heteroatoms. The topological polar surface area (TPSA) is 38.3 Å². The molecule has 0 radical (unpaired) electrons. The normalized spacial score (nSPS) is 10.4. The van der Waals surface area contributed by atoms with Gasteiger partial charge in [-0.15, -0.1) is 0 Å². The number of benzene rings is 1. The lowest BCUT2D eigenvalue weighted by Gasteiger charge is -2.09. The van der Waals surface area contributed by atoms with Crippen LogP contribution >= 0.6 is 15.9 Å². The van der Waals surface area contributed by atoms with Gasteiger partial charge >= 0.3 is 0 Å². The number of rotatable bonds is 5. The number of hydrogen-bond donors (Lipinski definition) is 1. The summed E-state index contributed by atoms with van der Waals surface area (Å²) < 4.78 is 6.04. The van der Waals surface area contributed by atoms with Crippen molar-refractivity contribution in [1.82, 2.24) is 5.32 Å². The van der Waals surface area contributed by atoms with Gasteiger partial charge < -0.3 is 10.1 Å². The van der Waals surface area contributed by atoms with E-state index >= 15 is 0 Å². The molecule has 0 saturated carbocycles. The summed E-state index contributed by atoms with van der Waals surface area (Å²) in [4.78, 5) is 11.5. The maximum atomic E-state index is 11.5. The van der Waals surface area contributed by atoms with Crippen LogP contribution in [0.5, 0.6) is 5.75 Å². The lowest BCUT2D eigenvalue weighted by Crippen LogP contribution is -2.23. The zero-order chi connectivity index (χ0) is 12.8. The van der Waals surface area contributed by atoms with E-state index in [-0.39, 0.29) is 5.91 Å². The number of methoxy groups -OCH3 is 1. The minimum atomic E-state index is 0.0898. The average molecular weight is 300 g/mol. The van der Waals surface area contributed by atoms with E-state index < -0.39 is 0 Å². The predicted molar refractivity (Wildman–Crippen MR) is 72.0 cm³/mol. The monoisotopic (exact) mass is 299 g/mol. The summed E-state index contributed by atoms with van der Waals surface area (Å²) >= 11 is 3.42. The summed E-state index contributed by atoms with van der Waals surface area (Å²) in [6.07, 6.45) is 0.567. The van der Waals surface area contributed by atoms with Gasteiger partial charge in [0.1, 0.15) is 5.75 Å². The Morgan fingerprint density at radius 1 is 1.47 bits per heavy atom. The summed E-state index contributed by atoms with van der Waals surface area (Å²) in [5.74, 6) is 1.27. The summed E-state index contributed by atoms with van der Waals surface area (Å²) in [7, 11) is 1.63. The molecule has 0 aliphatic rings. The van der Waals surface area contributed by atoms with Gasteiger partial charge in [0, 0.05) is 13.0 Å². The fourth-order valence-electron chi connectivity index (χ4n) is 1.46. The summed E-state index contributed by atoms with van der Waals surface area (Å²) in [6.45, 7) is 4.61. The van der Waals surface area contributed by atoms with Crippen LogP contribution in [-0.4, -0.2) is 13.0 Å². The highest BCUT2D eigenvalue weighted by molar-refractivity contribution is 9.10. The third-order valence-electron chi connectivity index (χ3n) is 2.30. The first-order valence-corrected chi connectivity index (χ1v) is 6.41. The smallest absolute Gasteiger partial charge is 0.220 e. The Bertz CT molecular complexity index is 391. The molecule has 0 heterocycles. The van der Waals surface area contributed by atoms with Crippen LogP contribution in [0.2, 0.25) is 0 Å². The van der Waals surface area contributed by atoms with E-state index in [1.807, 2.05) is 32.0 Å². The molecule has 0 bridgehead atoms. The van der Waals surface area contributed by atoms with Crippen LogP contribution in [0.4, 0.5) is 0 Å². The van der Waals surface area contributed by atoms with Crippen LogP contribution in [0, 0.1) is 5.92 Å². The minimum absolute atomic E-state index is 0.0898. The lowest BCUT2D eigenvalue weighted by molar-refractivity contribution is -0.121. The second-order valence-corrected chi connectivity index (χ2v) is 5.20. The number of carbonyl (C=O) groups excluding carboxylic acids is 1. The maximum Gasteiger partial charge on any atom is 0.220 e. The van der Waals surface area contributed by atoms with E-state index in [4.69, 9.17) is 4.74 Å². The van der Waals surface area contributed by atoms with E-state index in [0.29, 0.717) is 18.9 Å². The highest BCUT2D eigenvalue weighted by Crippen LogP contribution is 2.25. The zero-order valence-corrected chi connectivity index (χ0v) is 12.0. The molecular formula is C13H18BrNO2. The van der Waals surface area contributed by atoms with Gasteiger partial charge in [-0.3, -0.25) is 4.79 Å². The van der Waals surface area contributed by atoms with Gasteiger partial charge in [0.25, 0.3) is 0 Å². The number of ether oxygens (including phenoxy) is 1. The fourth-order valence-corrected chi connectivity index (χ4v) is 2.05. The molecule has 1 aromatic carbocycles. The second-order valence-electron chi connectivity index (χ2n) is 4.34. The van der Waals surface area contributed by atoms with Crippen LogP contribution in [0.15, 0.2) is 22.7 Å². The lowest BCUT2D eigenvalue weighted by atomic mass is 10.1. The van der Waals surface area contributed by atoms with Crippen molar-refractivity contribution in [3.8, 4) is 5.75 Å². The second kappa shape index (κ2) is 6.64. The number of amides is 1. The molecule has 0 fully saturated rings. The van der Waals surface area contributed by atoms with Crippen molar-refractivity contribution in [1.29, 1.82) is 0 Å². The highest BCUT2D eigenvalue weighted by Gasteiger charge is 2.05. The Kier molecular flexibility index (Phi) is 5.48. The molecule has 0 spiro atoms. The van der Waals surface area contributed by atoms with E-state index in [9.17, 15) is 4.79 Å². The van der Waals surface area contributed by atoms with Crippen molar-refractivity contribution in [3.63, 3.8) is 0 Å². The van der Waals surface area contributed by atoms with Crippen LogP contribution < -0.4 is 10.1 Å². The van der Waals surface area contributed by atoms with Crippen LogP contribution in [0.25, 0.3) is 0 Å². The quantitative estimate of drug-likeness (QED) is 0.907. The third-order valence-corrected chi connectivity index (χ3v) is 2.92. The Morgan fingerprint density at radius 2 is 2.18 bits per heavy atom. The molecule has 0 atom stereocenters. The maximum absolute atomic E-state index is 11.5. The van der Waals surface area contributed by atoms with E-state index in [2.05, 4.69) is 21.2 Å². The Morgan fingerprint density at radius 3 is 2.71 bits per heavy atom. The molecular weight excluding hydrogens is 282 g/mol. The largest absolute Gasteiger partial charge is 0.496 e. The SMILES string of the molecule is COc1ccc(CNC(=O)CC(C)C)cc1Br. The minimum Gasteiger partial charge on any atom is -0.496 e. The number of hydrogen-bond acceptors (Lipinski definition) is 2. The predicted octanol–water partition coefficient (Wildman–Crippen LogP) is 3.12. The van der Waals surface area contributed by atoms with Gasteiger partial charge in [-0.1, -0.05) is 19.9 Å². The van der Waals surface area contributed by atoms with Crippen molar-refractivity contribution in [2.45, 2.75) is 26.8 Å². The third kappa shape index (κ3) is 4.77. The molecule has 1 aromatic rings. The standard InChI is InChI=1S/C13H18BrNO2/c1-9(2)6-13(16)15-8-10-4-5-12(17-3)11(14)7-10/h4-5,7,9H,6,8H2,1-3H3,(H,15,16). The van der Waals surface area contributed by atoms with Crippen LogP contribution in [0.1, 0.15) is 25.8 Å². The Labute approximate surface area is 111 Å². The molecule has 17 heavy (non-hydrogen) atoms. The molecule has 1 N–H and O–H groups in total. The van der Waals surface area contributed by atoms with Gasteiger partial charge in [0.2, 0.25) is 5.91 Å². The molecule has 0 aliphatic carbocycles. The van der Waals surface area contributed by atoms with E-state index in [1.54, 1.807) is 7.11 Å². The van der Waals surface area contributed by atoms with Gasteiger partial charge in [-0.2, -0.15) is 0 Å². The first-order chi connectivity index (χ1) is 8.02. The Hall–Kier alpha value is -1.03. The number of nitrogens with one attached hydrogen (secondary N) is 1. The highest BCUT2D eigenvalue weighted by atomic mass is 79.9. The molecule has 0 aliphatic heterocycles. The molecule has 0 unspecified atom stereocenters. The molecule has 0 saturated heterocycles. The van der Waals surface area contributed by atoms with Crippen molar-refractivity contribution < 1.29 is 9.53 Å². The molecule has 0 aromatic heterocycles. The summed E-state index contributed by atoms with van der Waals surface area (Å²) in [5, 5.41) is 2.89. The van der Waals surface area contributed by atoms with Gasteiger partial charge in [0.05, 0.1) is 11.6 Å². The van der Waals surface area contributed by atoms with Crippen molar-refractivity contribution in [3.05, 3.63) is 28.2 Å². The summed E-state index contributed by atoms with van der Waals surface area (Å²) in [6, 6.07) is 5.78. The summed E-state index contributed by atoms with van der Waals surface area (Å²) in [5.41, 5.74) is 1.05. The molecule has 1 rings (SSSR count). The van der Waals surface area contributed by atoms with Gasteiger partial charge in [-0.25, -0.2) is 0 Å². The fraction of sp³-hybridized carbons (Fsp3) is 0.462. The average Bonchev–Trinajstić information content (AvgIpc) is 2.25. The van der Waals surface area contributed by atoms with Crippen LogP contribution in [0.3, 0.4) is 0 Å². The molecule has 1 amide bonds. The number of halogens is 1. The first-order valence-electron chi connectivity index (χ1n) is 5.62. The van der Waals surface area contributed by atoms with Gasteiger partial charge in [0.15, 0.2) is 0 Å². The van der Waals surface area contributed by atoms with Gasteiger partial charge in [-0.05, 0) is 39.5 Å². The van der Waals surface area contributed by atoms with Crippen molar-refractivity contribution in [2.24, 2.45) is 5.92 Å². The first kappa shape index (κ1) is 14.0. The van der Waals surface area contributed by atoms with Crippen molar-refractivity contribution in [2.75, 3.05) is 7.11 Å². The zero-order valence-electron chi connectivity index (χ0n) is 10.4. The molecule has 94 valence electrons. The number of carbonyl (C=O) groups is 1. The van der Waals surface area contributed by atoms with E-state index in [0.717, 1.165) is 15.8 Å². The van der Waals surface area contributed by atoms with Crippen molar-refractivity contribution >= 4 is 21.8 Å². The van der Waals surface area contributed by atoms with Crippen LogP contribution in [-0.2, 0) is 11.3 Å². The molecule has 3 nitrogen and oxygen atoms in total. The van der Waals surface area contributed by atoms with E-state index in [1.165, 1.54) is 0 Å². The Balaban J connectivity index is 2.52.